The van der Waals surface area contributed by atoms with Gasteiger partial charge in [-0.3, -0.25) is 0 Å². The van der Waals surface area contributed by atoms with Crippen molar-refractivity contribution in [2.75, 3.05) is 13.6 Å². The number of aliphatic hydroxyl groups excluding tert-OH is 1. The van der Waals surface area contributed by atoms with Gasteiger partial charge in [0.25, 0.3) is 0 Å². The van der Waals surface area contributed by atoms with E-state index in [0.29, 0.717) is 6.54 Å². The molecule has 1 aromatic rings. The summed E-state index contributed by atoms with van der Waals surface area (Å²) in [6.07, 6.45) is 1.54. The number of aryl methyl sites for hydroxylation is 1. The van der Waals surface area contributed by atoms with Crippen LogP contribution < -0.4 is 5.32 Å². The van der Waals surface area contributed by atoms with Crippen LogP contribution in [0.2, 0.25) is 0 Å². The van der Waals surface area contributed by atoms with Crippen LogP contribution in [-0.4, -0.2) is 24.8 Å². The molecule has 0 saturated carbocycles. The molecule has 0 aromatic heterocycles. The normalized spacial score (nSPS) is 12.8. The van der Waals surface area contributed by atoms with Gasteiger partial charge in [0.2, 0.25) is 0 Å². The quantitative estimate of drug-likeness (QED) is 0.712. The Morgan fingerprint density at radius 3 is 2.62 bits per heavy atom. The van der Waals surface area contributed by atoms with Crippen LogP contribution in [0.1, 0.15) is 12.0 Å². The van der Waals surface area contributed by atoms with E-state index in [2.05, 4.69) is 17.4 Å². The van der Waals surface area contributed by atoms with Crippen molar-refractivity contribution in [1.82, 2.24) is 5.32 Å². The van der Waals surface area contributed by atoms with Gasteiger partial charge in [-0.25, -0.2) is 0 Å². The molecule has 0 spiro atoms. The van der Waals surface area contributed by atoms with Gasteiger partial charge in [0.15, 0.2) is 0 Å². The van der Waals surface area contributed by atoms with E-state index in [4.69, 9.17) is 0 Å². The van der Waals surface area contributed by atoms with Crippen molar-refractivity contribution in [2.24, 2.45) is 0 Å². The molecule has 2 nitrogen and oxygen atoms in total. The van der Waals surface area contributed by atoms with Crippen LogP contribution >= 0.6 is 0 Å². The zero-order valence-electron chi connectivity index (χ0n) is 8.03. The molecule has 72 valence electrons. The molecular formula is C11H17NO. The minimum absolute atomic E-state index is 0.231. The third-order valence-corrected chi connectivity index (χ3v) is 2.05. The Bertz CT molecular complexity index is 223. The van der Waals surface area contributed by atoms with Crippen LogP contribution in [0.5, 0.6) is 0 Å². The first kappa shape index (κ1) is 10.2. The van der Waals surface area contributed by atoms with Crippen LogP contribution in [-0.2, 0) is 6.42 Å². The van der Waals surface area contributed by atoms with E-state index in [-0.39, 0.29) is 6.10 Å². The van der Waals surface area contributed by atoms with Gasteiger partial charge in [0.05, 0.1) is 6.10 Å². The average molecular weight is 179 g/mol. The summed E-state index contributed by atoms with van der Waals surface area (Å²) in [6, 6.07) is 10.2. The topological polar surface area (TPSA) is 32.3 Å². The molecule has 0 aliphatic carbocycles. The molecular weight excluding hydrogens is 162 g/mol. The maximum atomic E-state index is 9.45. The maximum Gasteiger partial charge on any atom is 0.0667 e. The van der Waals surface area contributed by atoms with Crippen molar-refractivity contribution in [1.29, 1.82) is 0 Å². The zero-order valence-corrected chi connectivity index (χ0v) is 8.03. The van der Waals surface area contributed by atoms with Crippen molar-refractivity contribution in [2.45, 2.75) is 18.9 Å². The molecule has 0 unspecified atom stereocenters. The zero-order chi connectivity index (χ0) is 9.52. The summed E-state index contributed by atoms with van der Waals surface area (Å²) >= 11 is 0. The van der Waals surface area contributed by atoms with Gasteiger partial charge in [-0.15, -0.1) is 0 Å². The molecule has 13 heavy (non-hydrogen) atoms. The first-order valence-electron chi connectivity index (χ1n) is 4.69. The summed E-state index contributed by atoms with van der Waals surface area (Å²) < 4.78 is 0. The molecule has 0 bridgehead atoms. The third kappa shape index (κ3) is 4.06. The number of hydrogen-bond acceptors (Lipinski definition) is 2. The summed E-state index contributed by atoms with van der Waals surface area (Å²) in [5, 5.41) is 12.4. The van der Waals surface area contributed by atoms with Gasteiger partial charge in [-0.1, -0.05) is 30.3 Å². The Hall–Kier alpha value is -0.860. The van der Waals surface area contributed by atoms with E-state index in [1.165, 1.54) is 5.56 Å². The van der Waals surface area contributed by atoms with Gasteiger partial charge in [-0.05, 0) is 25.5 Å². The summed E-state index contributed by atoms with van der Waals surface area (Å²) in [5.74, 6) is 0. The van der Waals surface area contributed by atoms with E-state index in [1.54, 1.807) is 0 Å². The van der Waals surface area contributed by atoms with Gasteiger partial charge in [0, 0.05) is 6.54 Å². The SMILES string of the molecule is CNC[C@@H](O)CCc1ccccc1. The lowest BCUT2D eigenvalue weighted by Gasteiger charge is -2.08. The Labute approximate surface area is 79.6 Å². The highest BCUT2D eigenvalue weighted by Gasteiger charge is 2.01. The van der Waals surface area contributed by atoms with Crippen molar-refractivity contribution in [3.05, 3.63) is 35.9 Å². The van der Waals surface area contributed by atoms with E-state index in [0.717, 1.165) is 12.8 Å². The molecule has 0 heterocycles. The highest BCUT2D eigenvalue weighted by atomic mass is 16.3. The molecule has 1 atom stereocenters. The molecule has 0 aliphatic rings. The monoisotopic (exact) mass is 179 g/mol. The highest BCUT2D eigenvalue weighted by molar-refractivity contribution is 5.14. The smallest absolute Gasteiger partial charge is 0.0667 e. The largest absolute Gasteiger partial charge is 0.392 e. The lowest BCUT2D eigenvalue weighted by Crippen LogP contribution is -2.23. The van der Waals surface area contributed by atoms with Crippen molar-refractivity contribution >= 4 is 0 Å². The molecule has 0 radical (unpaired) electrons. The second-order valence-corrected chi connectivity index (χ2v) is 3.24. The average Bonchev–Trinajstić information content (AvgIpc) is 2.17. The van der Waals surface area contributed by atoms with E-state index < -0.39 is 0 Å². The highest BCUT2D eigenvalue weighted by Crippen LogP contribution is 2.04. The standard InChI is InChI=1S/C11H17NO/c1-12-9-11(13)8-7-10-5-3-2-4-6-10/h2-6,11-13H,7-9H2,1H3/t11-/m0/s1. The Kier molecular flexibility index (Phi) is 4.50. The molecule has 2 heteroatoms. The molecule has 0 amide bonds. The summed E-state index contributed by atoms with van der Waals surface area (Å²) in [4.78, 5) is 0. The van der Waals surface area contributed by atoms with Gasteiger partial charge >= 0.3 is 0 Å². The summed E-state index contributed by atoms with van der Waals surface area (Å²) in [6.45, 7) is 0.673. The van der Waals surface area contributed by atoms with Crippen LogP contribution in [0.4, 0.5) is 0 Å². The number of likely N-dealkylation sites (N-methyl/N-ethyl adjacent to an activating group) is 1. The number of rotatable bonds is 5. The molecule has 0 saturated heterocycles. The second kappa shape index (κ2) is 5.73. The maximum absolute atomic E-state index is 9.45. The molecule has 2 N–H and O–H groups in total. The predicted octanol–water partition coefficient (Wildman–Crippen LogP) is 1.20. The Balaban J connectivity index is 2.27. The van der Waals surface area contributed by atoms with Crippen molar-refractivity contribution in [3.8, 4) is 0 Å². The first-order chi connectivity index (χ1) is 6.33. The third-order valence-electron chi connectivity index (χ3n) is 2.05. The molecule has 0 fully saturated rings. The number of aliphatic hydroxyl groups is 1. The van der Waals surface area contributed by atoms with Crippen LogP contribution in [0.25, 0.3) is 0 Å². The Morgan fingerprint density at radius 1 is 1.31 bits per heavy atom. The fourth-order valence-electron chi connectivity index (χ4n) is 1.32. The van der Waals surface area contributed by atoms with Gasteiger partial charge in [0.1, 0.15) is 0 Å². The lowest BCUT2D eigenvalue weighted by molar-refractivity contribution is 0.165. The van der Waals surface area contributed by atoms with Gasteiger partial charge in [-0.2, -0.15) is 0 Å². The molecule has 1 aromatic carbocycles. The van der Waals surface area contributed by atoms with Crippen LogP contribution in [0.15, 0.2) is 30.3 Å². The fraction of sp³-hybridized carbons (Fsp3) is 0.455. The van der Waals surface area contributed by atoms with Crippen molar-refractivity contribution in [3.63, 3.8) is 0 Å². The number of nitrogens with one attached hydrogen (secondary N) is 1. The van der Waals surface area contributed by atoms with E-state index >= 15 is 0 Å². The first-order valence-corrected chi connectivity index (χ1v) is 4.69. The van der Waals surface area contributed by atoms with Crippen LogP contribution in [0.3, 0.4) is 0 Å². The van der Waals surface area contributed by atoms with E-state index in [9.17, 15) is 5.11 Å². The fourth-order valence-corrected chi connectivity index (χ4v) is 1.32. The van der Waals surface area contributed by atoms with E-state index in [1.807, 2.05) is 25.2 Å². The molecule has 1 rings (SSSR count). The molecule has 0 aliphatic heterocycles. The predicted molar refractivity (Wildman–Crippen MR) is 54.7 cm³/mol. The number of benzene rings is 1. The number of hydrogen-bond donors (Lipinski definition) is 2. The summed E-state index contributed by atoms with van der Waals surface area (Å²) in [5.41, 5.74) is 1.29. The minimum atomic E-state index is -0.231. The lowest BCUT2D eigenvalue weighted by atomic mass is 10.1. The van der Waals surface area contributed by atoms with Crippen LogP contribution in [0, 0.1) is 0 Å². The minimum Gasteiger partial charge on any atom is -0.392 e. The second-order valence-electron chi connectivity index (χ2n) is 3.24. The Morgan fingerprint density at radius 2 is 2.00 bits per heavy atom. The summed E-state index contributed by atoms with van der Waals surface area (Å²) in [7, 11) is 1.85. The van der Waals surface area contributed by atoms with Crippen molar-refractivity contribution < 1.29 is 5.11 Å². The van der Waals surface area contributed by atoms with Gasteiger partial charge < -0.3 is 10.4 Å².